The second kappa shape index (κ2) is 6.06. The highest BCUT2D eigenvalue weighted by Crippen LogP contribution is 2.20. The number of hydrogen-bond donors (Lipinski definition) is 0. The Labute approximate surface area is 100 Å². The van der Waals surface area contributed by atoms with Gasteiger partial charge in [-0.3, -0.25) is 4.79 Å². The van der Waals surface area contributed by atoms with Crippen LogP contribution < -0.4 is 0 Å². The molecule has 0 amide bonds. The lowest BCUT2D eigenvalue weighted by Crippen LogP contribution is -1.95. The second-order valence-corrected chi connectivity index (χ2v) is 4.68. The first-order chi connectivity index (χ1) is 7.15. The van der Waals surface area contributed by atoms with Crippen LogP contribution in [-0.2, 0) is 6.42 Å². The lowest BCUT2D eigenvalue weighted by Gasteiger charge is -2.04. The molecule has 0 aliphatic heterocycles. The molecule has 15 heavy (non-hydrogen) atoms. The molecule has 0 saturated carbocycles. The minimum atomic E-state index is 0.113. The predicted octanol–water partition coefficient (Wildman–Crippen LogP) is 4.38. The maximum Gasteiger partial charge on any atom is 0.160 e. The van der Waals surface area contributed by atoms with Gasteiger partial charge >= 0.3 is 0 Å². The van der Waals surface area contributed by atoms with E-state index in [1.807, 2.05) is 6.07 Å². The molecular weight excluding hydrogens is 252 g/mol. The van der Waals surface area contributed by atoms with Crippen LogP contribution in [0.5, 0.6) is 0 Å². The number of unbranched alkanes of at least 4 members (excludes halogenated alkanes) is 2. The monoisotopic (exact) mass is 268 g/mol. The SMILES string of the molecule is CCCCCc1ccc(C(C)=O)c(Br)c1. The van der Waals surface area contributed by atoms with Gasteiger partial charge in [-0.25, -0.2) is 0 Å². The van der Waals surface area contributed by atoms with Gasteiger partial charge in [-0.15, -0.1) is 0 Å². The van der Waals surface area contributed by atoms with Crippen LogP contribution in [0.4, 0.5) is 0 Å². The fraction of sp³-hybridized carbons (Fsp3) is 0.462. The third kappa shape index (κ3) is 3.78. The van der Waals surface area contributed by atoms with Crippen LogP contribution in [0.2, 0.25) is 0 Å². The van der Waals surface area contributed by atoms with Gasteiger partial charge in [0.2, 0.25) is 0 Å². The lowest BCUT2D eigenvalue weighted by atomic mass is 10.0. The number of hydrogen-bond acceptors (Lipinski definition) is 1. The Balaban J connectivity index is 2.69. The molecule has 1 rings (SSSR count). The molecule has 0 heterocycles. The van der Waals surface area contributed by atoms with Crippen LogP contribution in [0.3, 0.4) is 0 Å². The van der Waals surface area contributed by atoms with Gasteiger partial charge in [-0.1, -0.05) is 47.8 Å². The van der Waals surface area contributed by atoms with E-state index in [0.29, 0.717) is 0 Å². The quantitative estimate of drug-likeness (QED) is 0.572. The van der Waals surface area contributed by atoms with Crippen molar-refractivity contribution in [2.24, 2.45) is 0 Å². The fourth-order valence-electron chi connectivity index (χ4n) is 1.58. The van der Waals surface area contributed by atoms with E-state index in [1.165, 1.54) is 24.8 Å². The number of halogens is 1. The number of Topliss-reactive ketones (excluding diaryl/α,β-unsaturated/α-hetero) is 1. The number of carbonyl (C=O) groups excluding carboxylic acids is 1. The summed E-state index contributed by atoms with van der Waals surface area (Å²) in [7, 11) is 0. The number of carbonyl (C=O) groups is 1. The molecule has 82 valence electrons. The highest BCUT2D eigenvalue weighted by molar-refractivity contribution is 9.10. The molecule has 2 heteroatoms. The standard InChI is InChI=1S/C13H17BrO/c1-3-4-5-6-11-7-8-12(10(2)15)13(14)9-11/h7-9H,3-6H2,1-2H3. The molecule has 1 aromatic carbocycles. The second-order valence-electron chi connectivity index (χ2n) is 3.83. The maximum absolute atomic E-state index is 11.2. The molecule has 0 spiro atoms. The number of aryl methyl sites for hydroxylation is 1. The van der Waals surface area contributed by atoms with Crippen molar-refractivity contribution in [3.63, 3.8) is 0 Å². The summed E-state index contributed by atoms with van der Waals surface area (Å²) in [5.74, 6) is 0.113. The Morgan fingerprint density at radius 1 is 1.33 bits per heavy atom. The van der Waals surface area contributed by atoms with Crippen LogP contribution in [0, 0.1) is 0 Å². The smallest absolute Gasteiger partial charge is 0.160 e. The van der Waals surface area contributed by atoms with Crippen molar-refractivity contribution in [3.05, 3.63) is 33.8 Å². The third-order valence-electron chi connectivity index (χ3n) is 2.48. The van der Waals surface area contributed by atoms with Gasteiger partial charge in [-0.2, -0.15) is 0 Å². The molecule has 0 aliphatic rings. The number of rotatable bonds is 5. The molecule has 1 nitrogen and oxygen atoms in total. The molecule has 0 aromatic heterocycles. The summed E-state index contributed by atoms with van der Waals surface area (Å²) >= 11 is 3.44. The summed E-state index contributed by atoms with van der Waals surface area (Å²) in [4.78, 5) is 11.2. The van der Waals surface area contributed by atoms with Crippen molar-refractivity contribution in [2.75, 3.05) is 0 Å². The van der Waals surface area contributed by atoms with Crippen molar-refractivity contribution in [3.8, 4) is 0 Å². The Kier molecular flexibility index (Phi) is 5.03. The molecule has 0 saturated heterocycles. The molecule has 0 atom stereocenters. The van der Waals surface area contributed by atoms with Crippen LogP contribution in [-0.4, -0.2) is 5.78 Å². The van der Waals surface area contributed by atoms with E-state index in [2.05, 4.69) is 35.0 Å². The molecule has 1 aromatic rings. The zero-order valence-electron chi connectivity index (χ0n) is 9.35. The number of ketones is 1. The molecule has 0 N–H and O–H groups in total. The third-order valence-corrected chi connectivity index (χ3v) is 3.14. The highest BCUT2D eigenvalue weighted by Gasteiger charge is 2.05. The molecule has 0 aliphatic carbocycles. The summed E-state index contributed by atoms with van der Waals surface area (Å²) in [6.07, 6.45) is 4.84. The average Bonchev–Trinajstić information content (AvgIpc) is 2.17. The Bertz CT molecular complexity index is 344. The van der Waals surface area contributed by atoms with Crippen molar-refractivity contribution in [1.29, 1.82) is 0 Å². The van der Waals surface area contributed by atoms with Crippen LogP contribution in [0.1, 0.15) is 49.0 Å². The first kappa shape index (κ1) is 12.4. The molecule has 0 bridgehead atoms. The van der Waals surface area contributed by atoms with E-state index < -0.39 is 0 Å². The first-order valence-electron chi connectivity index (χ1n) is 5.44. The van der Waals surface area contributed by atoms with Gasteiger partial charge in [0.15, 0.2) is 5.78 Å². The van der Waals surface area contributed by atoms with Gasteiger partial charge in [-0.05, 0) is 31.4 Å². The molecule has 0 fully saturated rings. The maximum atomic E-state index is 11.2. The minimum Gasteiger partial charge on any atom is -0.294 e. The van der Waals surface area contributed by atoms with Crippen LogP contribution >= 0.6 is 15.9 Å². The topological polar surface area (TPSA) is 17.1 Å². The van der Waals surface area contributed by atoms with Gasteiger partial charge in [0.05, 0.1) is 0 Å². The molecular formula is C13H17BrO. The lowest BCUT2D eigenvalue weighted by molar-refractivity contribution is 0.101. The van der Waals surface area contributed by atoms with Gasteiger partial charge in [0, 0.05) is 10.0 Å². The predicted molar refractivity (Wildman–Crippen MR) is 67.4 cm³/mol. The average molecular weight is 269 g/mol. The summed E-state index contributed by atoms with van der Waals surface area (Å²) in [6, 6.07) is 6.03. The first-order valence-corrected chi connectivity index (χ1v) is 6.23. The largest absolute Gasteiger partial charge is 0.294 e. The normalized spacial score (nSPS) is 10.3. The van der Waals surface area contributed by atoms with E-state index in [-0.39, 0.29) is 5.78 Å². The van der Waals surface area contributed by atoms with Gasteiger partial charge in [0.25, 0.3) is 0 Å². The van der Waals surface area contributed by atoms with Crippen LogP contribution in [0.15, 0.2) is 22.7 Å². The summed E-state index contributed by atoms with van der Waals surface area (Å²) in [5.41, 5.74) is 2.08. The van der Waals surface area contributed by atoms with E-state index in [4.69, 9.17) is 0 Å². The molecule has 0 unspecified atom stereocenters. The summed E-state index contributed by atoms with van der Waals surface area (Å²) in [5, 5.41) is 0. The van der Waals surface area contributed by atoms with E-state index in [1.54, 1.807) is 6.92 Å². The van der Waals surface area contributed by atoms with Crippen molar-refractivity contribution in [2.45, 2.75) is 39.5 Å². The highest BCUT2D eigenvalue weighted by atomic mass is 79.9. The van der Waals surface area contributed by atoms with Crippen LogP contribution in [0.25, 0.3) is 0 Å². The van der Waals surface area contributed by atoms with E-state index in [9.17, 15) is 4.79 Å². The number of benzene rings is 1. The fourth-order valence-corrected chi connectivity index (χ4v) is 2.28. The Morgan fingerprint density at radius 2 is 2.07 bits per heavy atom. The Hall–Kier alpha value is -0.630. The summed E-state index contributed by atoms with van der Waals surface area (Å²) in [6.45, 7) is 3.80. The van der Waals surface area contributed by atoms with E-state index in [0.717, 1.165) is 16.5 Å². The minimum absolute atomic E-state index is 0.113. The van der Waals surface area contributed by atoms with Gasteiger partial charge in [0.1, 0.15) is 0 Å². The zero-order valence-corrected chi connectivity index (χ0v) is 10.9. The zero-order chi connectivity index (χ0) is 11.3. The van der Waals surface area contributed by atoms with Crippen molar-refractivity contribution >= 4 is 21.7 Å². The van der Waals surface area contributed by atoms with Crippen molar-refractivity contribution in [1.82, 2.24) is 0 Å². The summed E-state index contributed by atoms with van der Waals surface area (Å²) < 4.78 is 0.920. The van der Waals surface area contributed by atoms with Gasteiger partial charge < -0.3 is 0 Å². The van der Waals surface area contributed by atoms with E-state index >= 15 is 0 Å². The Morgan fingerprint density at radius 3 is 2.60 bits per heavy atom. The van der Waals surface area contributed by atoms with Crippen molar-refractivity contribution < 1.29 is 4.79 Å². The molecule has 0 radical (unpaired) electrons.